The molecule has 0 saturated carbocycles. The summed E-state index contributed by atoms with van der Waals surface area (Å²) in [4.78, 5) is -0.279. The molecule has 0 saturated heterocycles. The maximum Gasteiger partial charge on any atom is 0.127 e. The third kappa shape index (κ3) is 2.84. The van der Waals surface area contributed by atoms with E-state index in [0.29, 0.717) is 14.2 Å². The molecule has 0 radical (unpaired) electrons. The first-order valence-corrected chi connectivity index (χ1v) is 7.32. The average Bonchev–Trinajstić information content (AvgIpc) is 2.60. The SMILES string of the molecule is Cc1ccc(F)c(C(Br)c2cc(Cl)sc2Cl)c1. The zero-order valence-electron chi connectivity index (χ0n) is 8.81. The first-order chi connectivity index (χ1) is 7.99. The Hall–Kier alpha value is -0.0900. The lowest BCUT2D eigenvalue weighted by atomic mass is 10.0. The fourth-order valence-electron chi connectivity index (χ4n) is 1.55. The van der Waals surface area contributed by atoms with Crippen LogP contribution in [0.1, 0.15) is 21.5 Å². The van der Waals surface area contributed by atoms with Crippen molar-refractivity contribution in [2.24, 2.45) is 0 Å². The molecule has 5 heteroatoms. The molecule has 0 spiro atoms. The molecule has 2 aromatic rings. The summed E-state index contributed by atoms with van der Waals surface area (Å²) in [5, 5.41) is 0. The van der Waals surface area contributed by atoms with Crippen molar-refractivity contribution in [1.29, 1.82) is 0 Å². The summed E-state index contributed by atoms with van der Waals surface area (Å²) in [6.45, 7) is 1.92. The van der Waals surface area contributed by atoms with Crippen molar-refractivity contribution < 1.29 is 4.39 Å². The van der Waals surface area contributed by atoms with E-state index in [4.69, 9.17) is 23.2 Å². The van der Waals surface area contributed by atoms with Gasteiger partial charge in [-0.3, -0.25) is 0 Å². The zero-order valence-corrected chi connectivity index (χ0v) is 12.7. The Morgan fingerprint density at radius 1 is 1.24 bits per heavy atom. The summed E-state index contributed by atoms with van der Waals surface area (Å²) in [6.07, 6.45) is 0. The van der Waals surface area contributed by atoms with Crippen molar-refractivity contribution >= 4 is 50.5 Å². The summed E-state index contributed by atoms with van der Waals surface area (Å²) in [6, 6.07) is 6.76. The van der Waals surface area contributed by atoms with Gasteiger partial charge in [0.15, 0.2) is 0 Å². The van der Waals surface area contributed by atoms with Crippen LogP contribution in [0.25, 0.3) is 0 Å². The highest BCUT2D eigenvalue weighted by Gasteiger charge is 2.19. The molecule has 17 heavy (non-hydrogen) atoms. The minimum atomic E-state index is -0.279. The summed E-state index contributed by atoms with van der Waals surface area (Å²) in [5.74, 6) is -0.254. The van der Waals surface area contributed by atoms with Gasteiger partial charge < -0.3 is 0 Å². The van der Waals surface area contributed by atoms with Crippen LogP contribution in [0.4, 0.5) is 4.39 Å². The third-order valence-corrected chi connectivity index (χ3v) is 4.89. The highest BCUT2D eigenvalue weighted by molar-refractivity contribution is 9.09. The number of halogens is 4. The minimum Gasteiger partial charge on any atom is -0.207 e. The predicted molar refractivity (Wildman–Crippen MR) is 76.2 cm³/mol. The van der Waals surface area contributed by atoms with E-state index in [-0.39, 0.29) is 10.6 Å². The normalized spacial score (nSPS) is 12.8. The molecule has 0 bridgehead atoms. The molecule has 0 aliphatic rings. The minimum absolute atomic E-state index is 0.254. The Morgan fingerprint density at radius 2 is 1.94 bits per heavy atom. The monoisotopic (exact) mass is 352 g/mol. The van der Waals surface area contributed by atoms with E-state index in [0.717, 1.165) is 11.1 Å². The van der Waals surface area contributed by atoms with E-state index in [1.807, 2.05) is 6.92 Å². The van der Waals surface area contributed by atoms with Gasteiger partial charge in [0.1, 0.15) is 5.82 Å². The second kappa shape index (κ2) is 5.27. The van der Waals surface area contributed by atoms with Crippen LogP contribution in [0.3, 0.4) is 0 Å². The van der Waals surface area contributed by atoms with Gasteiger partial charge >= 0.3 is 0 Å². The standard InChI is InChI=1S/C12H8BrCl2FS/c1-6-2-3-9(16)7(4-6)11(13)8-5-10(14)17-12(8)15/h2-5,11H,1H3. The highest BCUT2D eigenvalue weighted by Crippen LogP contribution is 2.42. The van der Waals surface area contributed by atoms with Gasteiger partial charge in [0.25, 0.3) is 0 Å². The number of benzene rings is 1. The largest absolute Gasteiger partial charge is 0.207 e. The second-order valence-corrected chi connectivity index (χ2v) is 6.87. The summed E-state index contributed by atoms with van der Waals surface area (Å²) in [7, 11) is 0. The first kappa shape index (κ1) is 13.3. The maximum atomic E-state index is 13.7. The number of rotatable bonds is 2. The molecule has 0 N–H and O–H groups in total. The van der Waals surface area contributed by atoms with Gasteiger partial charge in [-0.1, -0.05) is 56.8 Å². The van der Waals surface area contributed by atoms with Crippen LogP contribution in [0.5, 0.6) is 0 Å². The Kier molecular flexibility index (Phi) is 4.14. The molecule has 1 aromatic heterocycles. The van der Waals surface area contributed by atoms with Crippen molar-refractivity contribution in [2.45, 2.75) is 11.8 Å². The number of thiophene rings is 1. The van der Waals surface area contributed by atoms with E-state index >= 15 is 0 Å². The Morgan fingerprint density at radius 3 is 2.53 bits per heavy atom. The van der Waals surface area contributed by atoms with Crippen LogP contribution >= 0.6 is 50.5 Å². The fourth-order valence-corrected chi connectivity index (χ4v) is 4.08. The van der Waals surface area contributed by atoms with Crippen LogP contribution in [-0.4, -0.2) is 0 Å². The smallest absolute Gasteiger partial charge is 0.127 e. The molecule has 2 rings (SSSR count). The van der Waals surface area contributed by atoms with Gasteiger partial charge in [0, 0.05) is 11.1 Å². The van der Waals surface area contributed by atoms with Gasteiger partial charge in [0.2, 0.25) is 0 Å². The summed E-state index contributed by atoms with van der Waals surface area (Å²) >= 11 is 16.7. The molecule has 90 valence electrons. The van der Waals surface area contributed by atoms with Crippen LogP contribution in [0.15, 0.2) is 24.3 Å². The first-order valence-electron chi connectivity index (χ1n) is 4.84. The van der Waals surface area contributed by atoms with Crippen LogP contribution in [-0.2, 0) is 0 Å². The molecule has 0 nitrogen and oxygen atoms in total. The molecule has 1 heterocycles. The number of hydrogen-bond donors (Lipinski definition) is 0. The molecule has 0 aliphatic carbocycles. The Labute approximate surface area is 121 Å². The fraction of sp³-hybridized carbons (Fsp3) is 0.167. The van der Waals surface area contributed by atoms with Gasteiger partial charge in [0.05, 0.1) is 13.5 Å². The molecule has 0 fully saturated rings. The molecule has 0 aliphatic heterocycles. The van der Waals surface area contributed by atoms with Crippen LogP contribution in [0.2, 0.25) is 8.67 Å². The number of alkyl halides is 1. The molecule has 0 amide bonds. The lowest BCUT2D eigenvalue weighted by Crippen LogP contribution is -1.96. The van der Waals surface area contributed by atoms with Crippen molar-refractivity contribution in [1.82, 2.24) is 0 Å². The third-order valence-electron chi connectivity index (χ3n) is 2.38. The van der Waals surface area contributed by atoms with E-state index in [9.17, 15) is 4.39 Å². The lowest BCUT2D eigenvalue weighted by molar-refractivity contribution is 0.613. The molecular formula is C12H8BrCl2FS. The van der Waals surface area contributed by atoms with Crippen molar-refractivity contribution in [2.75, 3.05) is 0 Å². The van der Waals surface area contributed by atoms with Crippen molar-refractivity contribution in [3.63, 3.8) is 0 Å². The highest BCUT2D eigenvalue weighted by atomic mass is 79.9. The number of hydrogen-bond acceptors (Lipinski definition) is 1. The zero-order chi connectivity index (χ0) is 12.6. The molecular weight excluding hydrogens is 346 g/mol. The van der Waals surface area contributed by atoms with Gasteiger partial charge in [-0.05, 0) is 19.1 Å². The predicted octanol–water partition coefficient (Wildman–Crippen LogP) is 5.99. The lowest BCUT2D eigenvalue weighted by Gasteiger charge is -2.11. The van der Waals surface area contributed by atoms with E-state index in [2.05, 4.69) is 15.9 Å². The van der Waals surface area contributed by atoms with Gasteiger partial charge in [-0.15, -0.1) is 11.3 Å². The summed E-state index contributed by atoms with van der Waals surface area (Å²) < 4.78 is 14.9. The average molecular weight is 354 g/mol. The second-order valence-electron chi connectivity index (χ2n) is 3.67. The molecule has 1 aromatic carbocycles. The molecule has 1 atom stereocenters. The quantitative estimate of drug-likeness (QED) is 0.582. The van der Waals surface area contributed by atoms with Crippen LogP contribution in [0, 0.1) is 12.7 Å². The van der Waals surface area contributed by atoms with Gasteiger partial charge in [-0.25, -0.2) is 4.39 Å². The van der Waals surface area contributed by atoms with Crippen LogP contribution < -0.4 is 0 Å². The Bertz CT molecular complexity index is 553. The molecule has 1 unspecified atom stereocenters. The summed E-state index contributed by atoms with van der Waals surface area (Å²) in [5.41, 5.74) is 2.37. The number of aryl methyl sites for hydroxylation is 1. The maximum absolute atomic E-state index is 13.7. The van der Waals surface area contributed by atoms with Crippen molar-refractivity contribution in [3.05, 3.63) is 55.4 Å². The Balaban J connectivity index is 2.46. The van der Waals surface area contributed by atoms with E-state index in [1.165, 1.54) is 17.4 Å². The van der Waals surface area contributed by atoms with E-state index < -0.39 is 0 Å². The van der Waals surface area contributed by atoms with Gasteiger partial charge in [-0.2, -0.15) is 0 Å². The van der Waals surface area contributed by atoms with Crippen molar-refractivity contribution in [3.8, 4) is 0 Å². The topological polar surface area (TPSA) is 0 Å². The van der Waals surface area contributed by atoms with E-state index in [1.54, 1.807) is 18.2 Å².